The van der Waals surface area contributed by atoms with E-state index in [1.807, 2.05) is 0 Å². The maximum Gasteiger partial charge on any atom is 0.0715 e. The molecule has 14 heavy (non-hydrogen) atoms. The average Bonchev–Trinajstić information content (AvgIpc) is 2.31. The van der Waals surface area contributed by atoms with Crippen molar-refractivity contribution in [2.24, 2.45) is 5.41 Å². The van der Waals surface area contributed by atoms with E-state index < -0.39 is 0 Å². The highest BCUT2D eigenvalue weighted by molar-refractivity contribution is 4.77. The summed E-state index contributed by atoms with van der Waals surface area (Å²) in [5.74, 6) is 0. The Morgan fingerprint density at radius 1 is 1.29 bits per heavy atom. The fraction of sp³-hybridized carbons (Fsp3) is 1.00. The summed E-state index contributed by atoms with van der Waals surface area (Å²) in [4.78, 5) is 2.36. The first-order valence-corrected chi connectivity index (χ1v) is 5.61. The Balaban J connectivity index is 2.34. The molecule has 1 aliphatic rings. The Bertz CT molecular complexity index is 157. The van der Waals surface area contributed by atoms with Crippen molar-refractivity contribution in [3.05, 3.63) is 0 Å². The molecule has 1 heterocycles. The minimum atomic E-state index is -0.222. The molecule has 1 atom stereocenters. The molecule has 0 aromatic carbocycles. The first kappa shape index (κ1) is 12.0. The largest absolute Gasteiger partial charge is 0.391 e. The molecule has 0 aromatic heterocycles. The van der Waals surface area contributed by atoms with E-state index in [2.05, 4.69) is 31.0 Å². The van der Waals surface area contributed by atoms with Crippen LogP contribution in [0.3, 0.4) is 0 Å². The zero-order valence-corrected chi connectivity index (χ0v) is 9.71. The van der Waals surface area contributed by atoms with Crippen molar-refractivity contribution >= 4 is 0 Å². The molecule has 0 aliphatic carbocycles. The Morgan fingerprint density at radius 3 is 2.64 bits per heavy atom. The second kappa shape index (κ2) is 5.10. The summed E-state index contributed by atoms with van der Waals surface area (Å²) < 4.78 is 0. The molecule has 0 bridgehead atoms. The highest BCUT2D eigenvalue weighted by Crippen LogP contribution is 2.19. The third-order valence-electron chi connectivity index (χ3n) is 2.86. The van der Waals surface area contributed by atoms with Crippen molar-refractivity contribution in [3.8, 4) is 0 Å². The minimum Gasteiger partial charge on any atom is -0.391 e. The van der Waals surface area contributed by atoms with Crippen LogP contribution in [0.5, 0.6) is 0 Å². The zero-order chi connectivity index (χ0) is 10.6. The van der Waals surface area contributed by atoms with E-state index in [0.29, 0.717) is 0 Å². The Labute approximate surface area is 87.5 Å². The van der Waals surface area contributed by atoms with Gasteiger partial charge in [-0.25, -0.2) is 0 Å². The maximum absolute atomic E-state index is 9.97. The van der Waals surface area contributed by atoms with Gasteiger partial charge in [0.1, 0.15) is 0 Å². The fourth-order valence-corrected chi connectivity index (χ4v) is 1.60. The van der Waals surface area contributed by atoms with E-state index >= 15 is 0 Å². The summed E-state index contributed by atoms with van der Waals surface area (Å²) in [7, 11) is 0. The van der Waals surface area contributed by atoms with Gasteiger partial charge in [0.05, 0.1) is 6.10 Å². The van der Waals surface area contributed by atoms with Crippen LogP contribution in [0, 0.1) is 5.41 Å². The van der Waals surface area contributed by atoms with Gasteiger partial charge in [0.25, 0.3) is 0 Å². The van der Waals surface area contributed by atoms with Gasteiger partial charge in [-0.15, -0.1) is 0 Å². The molecule has 0 amide bonds. The fourth-order valence-electron chi connectivity index (χ4n) is 1.60. The van der Waals surface area contributed by atoms with Crippen LogP contribution in [-0.4, -0.2) is 48.8 Å². The Hall–Kier alpha value is -0.120. The van der Waals surface area contributed by atoms with Gasteiger partial charge in [-0.2, -0.15) is 0 Å². The van der Waals surface area contributed by atoms with Gasteiger partial charge < -0.3 is 10.4 Å². The van der Waals surface area contributed by atoms with Crippen molar-refractivity contribution in [1.29, 1.82) is 0 Å². The van der Waals surface area contributed by atoms with Crippen LogP contribution < -0.4 is 5.32 Å². The topological polar surface area (TPSA) is 35.5 Å². The lowest BCUT2D eigenvalue weighted by atomic mass is 9.89. The van der Waals surface area contributed by atoms with Crippen LogP contribution >= 0.6 is 0 Å². The first-order chi connectivity index (χ1) is 6.50. The molecule has 1 fully saturated rings. The molecule has 0 spiro atoms. The Morgan fingerprint density at radius 2 is 2.00 bits per heavy atom. The summed E-state index contributed by atoms with van der Waals surface area (Å²) in [5.41, 5.74) is -0.000265. The zero-order valence-electron chi connectivity index (χ0n) is 9.71. The van der Waals surface area contributed by atoms with E-state index in [9.17, 15) is 5.11 Å². The Kier molecular flexibility index (Phi) is 4.35. The number of rotatable bonds is 2. The highest BCUT2D eigenvalue weighted by Gasteiger charge is 2.24. The lowest BCUT2D eigenvalue weighted by molar-refractivity contribution is 0.0301. The number of aliphatic hydroxyl groups excluding tert-OH is 1. The van der Waals surface area contributed by atoms with Crippen molar-refractivity contribution in [2.45, 2.75) is 33.3 Å². The van der Waals surface area contributed by atoms with Crippen LogP contribution in [-0.2, 0) is 0 Å². The molecule has 1 aliphatic heterocycles. The number of nitrogens with one attached hydrogen (secondary N) is 1. The lowest BCUT2D eigenvalue weighted by Crippen LogP contribution is -2.40. The SMILES string of the molecule is CC(C)(C)C(O)CN1CCCNCC1. The van der Waals surface area contributed by atoms with Crippen LogP contribution in [0.25, 0.3) is 0 Å². The van der Waals surface area contributed by atoms with Crippen molar-refractivity contribution in [1.82, 2.24) is 10.2 Å². The van der Waals surface area contributed by atoms with E-state index in [1.54, 1.807) is 0 Å². The van der Waals surface area contributed by atoms with Gasteiger partial charge in [0, 0.05) is 19.6 Å². The third-order valence-corrected chi connectivity index (χ3v) is 2.86. The van der Waals surface area contributed by atoms with Crippen molar-refractivity contribution < 1.29 is 5.11 Å². The van der Waals surface area contributed by atoms with Gasteiger partial charge in [0.2, 0.25) is 0 Å². The molecule has 1 rings (SSSR count). The second-order valence-corrected chi connectivity index (χ2v) is 5.29. The van der Waals surface area contributed by atoms with E-state index in [-0.39, 0.29) is 11.5 Å². The lowest BCUT2D eigenvalue weighted by Gasteiger charge is -2.31. The number of β-amino-alcohol motifs (C(OH)–C–C–N with tert-alkyl or cyclic N) is 1. The molecular formula is C11H24N2O. The summed E-state index contributed by atoms with van der Waals surface area (Å²) in [5, 5.41) is 13.3. The van der Waals surface area contributed by atoms with Gasteiger partial charge in [-0.05, 0) is 24.9 Å². The van der Waals surface area contributed by atoms with Crippen molar-refractivity contribution in [3.63, 3.8) is 0 Å². The van der Waals surface area contributed by atoms with Crippen LogP contribution in [0.1, 0.15) is 27.2 Å². The predicted octanol–water partition coefficient (Wildman–Crippen LogP) is 0.689. The third kappa shape index (κ3) is 3.95. The number of nitrogens with zero attached hydrogens (tertiary/aromatic N) is 1. The number of hydrogen-bond donors (Lipinski definition) is 2. The standard InChI is InChI=1S/C11H24N2O/c1-11(2,3)10(14)9-13-7-4-5-12-6-8-13/h10,12,14H,4-9H2,1-3H3. The molecule has 1 unspecified atom stereocenters. The molecule has 0 saturated carbocycles. The predicted molar refractivity (Wildman–Crippen MR) is 59.4 cm³/mol. The van der Waals surface area contributed by atoms with E-state index in [0.717, 1.165) is 32.7 Å². The quantitative estimate of drug-likeness (QED) is 0.688. The first-order valence-electron chi connectivity index (χ1n) is 5.61. The van der Waals surface area contributed by atoms with Crippen molar-refractivity contribution in [2.75, 3.05) is 32.7 Å². The van der Waals surface area contributed by atoms with Gasteiger partial charge >= 0.3 is 0 Å². The van der Waals surface area contributed by atoms with Crippen LogP contribution in [0.2, 0.25) is 0 Å². The van der Waals surface area contributed by atoms with Gasteiger partial charge in [-0.3, -0.25) is 4.90 Å². The minimum absolute atomic E-state index is 0.000265. The van der Waals surface area contributed by atoms with Crippen LogP contribution in [0.4, 0.5) is 0 Å². The molecule has 3 nitrogen and oxygen atoms in total. The van der Waals surface area contributed by atoms with Gasteiger partial charge in [0.15, 0.2) is 0 Å². The molecule has 84 valence electrons. The summed E-state index contributed by atoms with van der Waals surface area (Å²) >= 11 is 0. The summed E-state index contributed by atoms with van der Waals surface area (Å²) in [6.07, 6.45) is 0.970. The molecule has 3 heteroatoms. The smallest absolute Gasteiger partial charge is 0.0715 e. The monoisotopic (exact) mass is 200 g/mol. The molecule has 0 radical (unpaired) electrons. The second-order valence-electron chi connectivity index (χ2n) is 5.29. The summed E-state index contributed by atoms with van der Waals surface area (Å²) in [6, 6.07) is 0. The summed E-state index contributed by atoms with van der Waals surface area (Å²) in [6.45, 7) is 11.4. The van der Waals surface area contributed by atoms with Crippen LogP contribution in [0.15, 0.2) is 0 Å². The number of aliphatic hydroxyl groups is 1. The highest BCUT2D eigenvalue weighted by atomic mass is 16.3. The molecule has 2 N–H and O–H groups in total. The van der Waals surface area contributed by atoms with E-state index in [4.69, 9.17) is 0 Å². The molecule has 0 aromatic rings. The molecular weight excluding hydrogens is 176 g/mol. The number of hydrogen-bond acceptors (Lipinski definition) is 3. The average molecular weight is 200 g/mol. The van der Waals surface area contributed by atoms with E-state index in [1.165, 1.54) is 6.42 Å². The molecule has 1 saturated heterocycles. The normalized spacial score (nSPS) is 23.1. The van der Waals surface area contributed by atoms with Gasteiger partial charge in [-0.1, -0.05) is 20.8 Å². The maximum atomic E-state index is 9.97.